The number of ether oxygens (including phenoxy) is 2. The summed E-state index contributed by atoms with van der Waals surface area (Å²) < 4.78 is 47.5. The van der Waals surface area contributed by atoms with Crippen molar-refractivity contribution in [3.63, 3.8) is 0 Å². The number of aliphatic hydroxyl groups is 4. The first kappa shape index (κ1) is 53.3. The molecule has 1 aliphatic heterocycles. The van der Waals surface area contributed by atoms with Gasteiger partial charge in [0.05, 0.1) is 25.4 Å². The number of hydrogen-bond acceptors (Lipinski definition) is 10. The van der Waals surface area contributed by atoms with Crippen molar-refractivity contribution in [2.24, 2.45) is 0 Å². The molecule has 0 aromatic rings. The number of unbranched alkanes of at least 4 members (excludes halogenated alkanes) is 22. The van der Waals surface area contributed by atoms with Crippen molar-refractivity contribution in [1.82, 2.24) is 5.32 Å². The van der Waals surface area contributed by atoms with Gasteiger partial charge >= 0.3 is 10.4 Å². The molecule has 1 rings (SSSR count). The molecule has 0 bridgehead atoms. The van der Waals surface area contributed by atoms with Crippen molar-refractivity contribution >= 4 is 16.3 Å². The summed E-state index contributed by atoms with van der Waals surface area (Å²) in [6.45, 7) is 3.33. The van der Waals surface area contributed by atoms with E-state index >= 15 is 0 Å². The van der Waals surface area contributed by atoms with E-state index in [4.69, 9.17) is 14.0 Å². The van der Waals surface area contributed by atoms with E-state index in [1.807, 2.05) is 6.08 Å². The molecule has 12 nitrogen and oxygen atoms in total. The van der Waals surface area contributed by atoms with Gasteiger partial charge in [-0.1, -0.05) is 166 Å². The maximum Gasteiger partial charge on any atom is 0.397 e. The number of amides is 1. The lowest BCUT2D eigenvalue weighted by molar-refractivity contribution is -0.298. The summed E-state index contributed by atoms with van der Waals surface area (Å²) in [7, 11) is -5.08. The molecule has 1 amide bonds. The predicted octanol–water partition coefficient (Wildman–Crippen LogP) is 8.33. The molecule has 7 atom stereocenters. The van der Waals surface area contributed by atoms with Crippen LogP contribution in [0, 0.1) is 0 Å². The molecule has 13 heteroatoms. The van der Waals surface area contributed by atoms with Gasteiger partial charge in [-0.2, -0.15) is 8.42 Å². The molecule has 0 aromatic heterocycles. The fraction of sp³-hybridized carbons (Fsp3) is 0.841. The molecule has 57 heavy (non-hydrogen) atoms. The number of allylic oxidation sites excluding steroid dienone is 5. The molecule has 7 unspecified atom stereocenters. The fourth-order valence-electron chi connectivity index (χ4n) is 6.91. The summed E-state index contributed by atoms with van der Waals surface area (Å²) in [5.41, 5.74) is 0. The summed E-state index contributed by atoms with van der Waals surface area (Å²) >= 11 is 0. The Morgan fingerprint density at radius 2 is 1.16 bits per heavy atom. The second-order valence-electron chi connectivity index (χ2n) is 15.7. The number of carbonyl (C=O) groups is 1. The van der Waals surface area contributed by atoms with Gasteiger partial charge in [0.15, 0.2) is 6.29 Å². The Bertz CT molecular complexity index is 1160. The average Bonchev–Trinajstić information content (AvgIpc) is 3.18. The Kier molecular flexibility index (Phi) is 32.9. The molecule has 1 heterocycles. The van der Waals surface area contributed by atoms with Gasteiger partial charge in [-0.25, -0.2) is 4.18 Å². The lowest BCUT2D eigenvalue weighted by atomic mass is 9.99. The van der Waals surface area contributed by atoms with Gasteiger partial charge in [0.1, 0.15) is 24.4 Å². The zero-order valence-electron chi connectivity index (χ0n) is 35.4. The van der Waals surface area contributed by atoms with Crippen molar-refractivity contribution in [3.05, 3.63) is 36.5 Å². The van der Waals surface area contributed by atoms with E-state index in [9.17, 15) is 33.6 Å². The van der Waals surface area contributed by atoms with E-state index in [1.54, 1.807) is 6.08 Å². The Balaban J connectivity index is 2.57. The highest BCUT2D eigenvalue weighted by Crippen LogP contribution is 2.26. The van der Waals surface area contributed by atoms with Crippen LogP contribution in [0.5, 0.6) is 0 Å². The van der Waals surface area contributed by atoms with Gasteiger partial charge < -0.3 is 35.2 Å². The Morgan fingerprint density at radius 1 is 0.702 bits per heavy atom. The minimum absolute atomic E-state index is 0.255. The van der Waals surface area contributed by atoms with Crippen LogP contribution in [0.1, 0.15) is 181 Å². The first-order valence-electron chi connectivity index (χ1n) is 22.4. The van der Waals surface area contributed by atoms with Crippen LogP contribution in [0.3, 0.4) is 0 Å². The predicted molar refractivity (Wildman–Crippen MR) is 227 cm³/mol. The molecule has 334 valence electrons. The Hall–Kier alpha value is -1.68. The monoisotopic (exact) mass is 832 g/mol. The third-order valence-electron chi connectivity index (χ3n) is 10.4. The zero-order valence-corrected chi connectivity index (χ0v) is 36.2. The minimum Gasteiger partial charge on any atom is -0.394 e. The average molecular weight is 832 g/mol. The highest BCUT2D eigenvalue weighted by Gasteiger charge is 2.48. The third kappa shape index (κ3) is 28.4. The summed E-state index contributed by atoms with van der Waals surface area (Å²) in [5.74, 6) is -0.276. The summed E-state index contributed by atoms with van der Waals surface area (Å²) in [4.78, 5) is 13.0. The van der Waals surface area contributed by atoms with Crippen LogP contribution in [0.2, 0.25) is 0 Å². The largest absolute Gasteiger partial charge is 0.397 e. The first-order valence-corrected chi connectivity index (χ1v) is 23.8. The fourth-order valence-corrected chi connectivity index (χ4v) is 7.42. The first-order chi connectivity index (χ1) is 27.5. The Labute approximate surface area is 345 Å². The molecule has 1 saturated heterocycles. The molecule has 0 aliphatic carbocycles. The second-order valence-corrected chi connectivity index (χ2v) is 16.7. The summed E-state index contributed by atoms with van der Waals surface area (Å²) in [6, 6.07) is -0.948. The second kappa shape index (κ2) is 35.1. The van der Waals surface area contributed by atoms with Crippen molar-refractivity contribution in [2.45, 2.75) is 224 Å². The lowest BCUT2D eigenvalue weighted by Gasteiger charge is -2.41. The van der Waals surface area contributed by atoms with Crippen LogP contribution in [0.25, 0.3) is 0 Å². The van der Waals surface area contributed by atoms with Gasteiger partial charge in [-0.15, -0.1) is 0 Å². The molecule has 0 radical (unpaired) electrons. The molecule has 1 aliphatic rings. The maximum atomic E-state index is 13.0. The highest BCUT2D eigenvalue weighted by atomic mass is 32.3. The summed E-state index contributed by atoms with van der Waals surface area (Å²) in [5, 5.41) is 44.6. The van der Waals surface area contributed by atoms with Crippen LogP contribution >= 0.6 is 0 Å². The third-order valence-corrected chi connectivity index (χ3v) is 10.9. The smallest absolute Gasteiger partial charge is 0.394 e. The van der Waals surface area contributed by atoms with Crippen LogP contribution in [-0.4, -0.2) is 95.4 Å². The number of nitrogens with one attached hydrogen (secondary N) is 1. The van der Waals surface area contributed by atoms with E-state index < -0.39 is 59.9 Å². The van der Waals surface area contributed by atoms with E-state index in [-0.39, 0.29) is 18.9 Å². The van der Waals surface area contributed by atoms with Crippen molar-refractivity contribution in [3.8, 4) is 0 Å². The minimum atomic E-state index is -5.08. The molecule has 0 aromatic carbocycles. The van der Waals surface area contributed by atoms with E-state index in [2.05, 4.69) is 47.7 Å². The van der Waals surface area contributed by atoms with Crippen LogP contribution in [0.15, 0.2) is 36.5 Å². The van der Waals surface area contributed by atoms with Crippen molar-refractivity contribution in [2.75, 3.05) is 13.2 Å². The number of carbonyl (C=O) groups excluding carboxylic acids is 1. The van der Waals surface area contributed by atoms with Gasteiger partial charge in [0.2, 0.25) is 5.91 Å². The summed E-state index contributed by atoms with van der Waals surface area (Å²) in [6.07, 6.45) is 31.8. The molecular formula is C44H81NO11S. The van der Waals surface area contributed by atoms with Gasteiger partial charge in [-0.05, 0) is 44.9 Å². The van der Waals surface area contributed by atoms with E-state index in [0.29, 0.717) is 6.42 Å². The SMILES string of the molecule is CCCCC/C=C\C=C/CCCCCCCCC(=O)NC(COC1OC(CO)C(O)C(OS(=O)(=O)O)C1O)C(O)/C=C/CCCCCCCCCCCCCCC. The van der Waals surface area contributed by atoms with E-state index in [1.165, 1.54) is 89.9 Å². The normalized spacial score (nSPS) is 21.6. The number of rotatable bonds is 37. The number of aliphatic hydroxyl groups excluding tert-OH is 4. The molecule has 6 N–H and O–H groups in total. The van der Waals surface area contributed by atoms with Crippen LogP contribution in [0.4, 0.5) is 0 Å². The molecule has 0 spiro atoms. The van der Waals surface area contributed by atoms with Gasteiger partial charge in [0, 0.05) is 6.42 Å². The van der Waals surface area contributed by atoms with Crippen molar-refractivity contribution < 1.29 is 51.8 Å². The van der Waals surface area contributed by atoms with Gasteiger partial charge in [-0.3, -0.25) is 9.35 Å². The Morgan fingerprint density at radius 3 is 1.67 bits per heavy atom. The number of hydrogen-bond donors (Lipinski definition) is 6. The molecule has 0 saturated carbocycles. The van der Waals surface area contributed by atoms with Crippen LogP contribution < -0.4 is 5.32 Å². The van der Waals surface area contributed by atoms with Crippen molar-refractivity contribution in [1.29, 1.82) is 0 Å². The maximum absolute atomic E-state index is 13.0. The standard InChI is InChI=1S/C44H81NO11S/c1-3-5-7-9-11-13-15-17-19-21-23-25-27-29-31-33-38(47)37(36-54-44-42(50)43(56-57(51,52)53)41(49)39(35-46)55-44)45-40(48)34-32-30-28-26-24-22-20-18-16-14-12-10-8-6-4-2/h12,14,16,18,31,33,37-39,41-44,46-47,49-50H,3-11,13,15,17,19-30,32,34-36H2,1-2H3,(H,45,48)(H,51,52,53)/b14-12-,18-16-,33-31+. The quantitative estimate of drug-likeness (QED) is 0.0153. The van der Waals surface area contributed by atoms with Crippen LogP contribution in [-0.2, 0) is 28.9 Å². The zero-order chi connectivity index (χ0) is 42.0. The highest BCUT2D eigenvalue weighted by molar-refractivity contribution is 7.80. The molecular weight excluding hydrogens is 751 g/mol. The van der Waals surface area contributed by atoms with E-state index in [0.717, 1.165) is 64.2 Å². The lowest BCUT2D eigenvalue weighted by Crippen LogP contribution is -2.61. The topological polar surface area (TPSA) is 192 Å². The van der Waals surface area contributed by atoms with Gasteiger partial charge in [0.25, 0.3) is 0 Å². The molecule has 1 fully saturated rings.